The van der Waals surface area contributed by atoms with Crippen molar-refractivity contribution in [2.24, 2.45) is 0 Å². The fourth-order valence-electron chi connectivity index (χ4n) is 3.65. The van der Waals surface area contributed by atoms with Gasteiger partial charge in [-0.1, -0.05) is 42.5 Å². The molecule has 0 aliphatic carbocycles. The lowest BCUT2D eigenvalue weighted by Gasteiger charge is -2.25. The van der Waals surface area contributed by atoms with Gasteiger partial charge < -0.3 is 14.8 Å². The van der Waals surface area contributed by atoms with Gasteiger partial charge in [-0.3, -0.25) is 4.79 Å². The molecule has 6 heteroatoms. The normalized spacial score (nSPS) is 14.8. The summed E-state index contributed by atoms with van der Waals surface area (Å²) in [5.74, 6) is -1.47. The highest BCUT2D eigenvalue weighted by Gasteiger charge is 2.28. The lowest BCUT2D eigenvalue weighted by atomic mass is 9.93. The highest BCUT2D eigenvalue weighted by Crippen LogP contribution is 2.31. The number of cyclic esters (lactones) is 1. The highest BCUT2D eigenvalue weighted by molar-refractivity contribution is 5.98. The number of benzene rings is 3. The van der Waals surface area contributed by atoms with E-state index in [1.807, 2.05) is 62.4 Å². The molecule has 3 aromatic rings. The lowest BCUT2D eigenvalue weighted by molar-refractivity contribution is -0.119. The van der Waals surface area contributed by atoms with Gasteiger partial charge >= 0.3 is 11.9 Å². The summed E-state index contributed by atoms with van der Waals surface area (Å²) in [6.45, 7) is 3.42. The van der Waals surface area contributed by atoms with E-state index in [4.69, 9.17) is 9.47 Å². The molecule has 0 bridgehead atoms. The quantitative estimate of drug-likeness (QED) is 0.602. The van der Waals surface area contributed by atoms with E-state index in [-0.39, 0.29) is 5.56 Å². The van der Waals surface area contributed by atoms with E-state index in [1.54, 1.807) is 12.1 Å². The summed E-state index contributed by atoms with van der Waals surface area (Å²) in [6.07, 6.45) is 0.0464. The lowest BCUT2D eigenvalue weighted by Crippen LogP contribution is -2.23. The van der Waals surface area contributed by atoms with Crippen LogP contribution in [0, 0.1) is 13.8 Å². The largest absolute Gasteiger partial charge is 0.454 e. The van der Waals surface area contributed by atoms with Crippen molar-refractivity contribution in [2.75, 3.05) is 11.9 Å². The Morgan fingerprint density at radius 3 is 2.59 bits per heavy atom. The van der Waals surface area contributed by atoms with Gasteiger partial charge in [0, 0.05) is 12.1 Å². The first-order valence-electron chi connectivity index (χ1n) is 10.3. The second-order valence-corrected chi connectivity index (χ2v) is 7.82. The highest BCUT2D eigenvalue weighted by atomic mass is 16.5. The number of nitrogens with one attached hydrogen (secondary N) is 1. The van der Waals surface area contributed by atoms with E-state index in [2.05, 4.69) is 5.32 Å². The molecule has 1 N–H and O–H groups in total. The van der Waals surface area contributed by atoms with Crippen molar-refractivity contribution in [3.63, 3.8) is 0 Å². The molecule has 0 fully saturated rings. The Kier molecular flexibility index (Phi) is 6.03. The molecule has 1 unspecified atom stereocenters. The maximum absolute atomic E-state index is 12.5. The second kappa shape index (κ2) is 9.06. The third kappa shape index (κ3) is 4.70. The summed E-state index contributed by atoms with van der Waals surface area (Å²) in [4.78, 5) is 37.2. The summed E-state index contributed by atoms with van der Waals surface area (Å²) in [5.41, 5.74) is 4.94. The van der Waals surface area contributed by atoms with Crippen molar-refractivity contribution in [2.45, 2.75) is 26.4 Å². The Morgan fingerprint density at radius 1 is 1.03 bits per heavy atom. The van der Waals surface area contributed by atoms with Crippen molar-refractivity contribution < 1.29 is 23.9 Å². The van der Waals surface area contributed by atoms with Crippen LogP contribution in [-0.2, 0) is 20.7 Å². The Hall–Kier alpha value is -3.93. The minimum atomic E-state index is -0.626. The zero-order valence-corrected chi connectivity index (χ0v) is 17.9. The molecule has 0 radical (unpaired) electrons. The molecular formula is C26H23NO5. The molecule has 3 aromatic carbocycles. The van der Waals surface area contributed by atoms with Crippen LogP contribution in [0.4, 0.5) is 5.69 Å². The van der Waals surface area contributed by atoms with Crippen molar-refractivity contribution in [1.29, 1.82) is 0 Å². The smallest absolute Gasteiger partial charge is 0.339 e. The summed E-state index contributed by atoms with van der Waals surface area (Å²) in [6, 6.07) is 19.9. The first-order valence-corrected chi connectivity index (χ1v) is 10.3. The van der Waals surface area contributed by atoms with Gasteiger partial charge in [-0.05, 0) is 60.4 Å². The second-order valence-electron chi connectivity index (χ2n) is 7.82. The van der Waals surface area contributed by atoms with Gasteiger partial charge in [-0.15, -0.1) is 0 Å². The van der Waals surface area contributed by atoms with Crippen LogP contribution in [0.3, 0.4) is 0 Å². The predicted octanol–water partition coefficient (Wildman–Crippen LogP) is 4.55. The van der Waals surface area contributed by atoms with Crippen LogP contribution < -0.4 is 5.32 Å². The SMILES string of the molecule is Cc1ccc(C)c(NC(=O)COC(=O)c2ccc3c(c2)CC(c2ccccc2)OC3=O)c1. The Labute approximate surface area is 186 Å². The molecule has 1 amide bonds. The molecule has 0 aromatic heterocycles. The number of esters is 2. The molecule has 1 aliphatic rings. The molecule has 1 heterocycles. The molecule has 6 nitrogen and oxygen atoms in total. The van der Waals surface area contributed by atoms with Crippen LogP contribution in [0.1, 0.15) is 49.1 Å². The Bertz CT molecular complexity index is 1190. The molecule has 0 saturated carbocycles. The summed E-state index contributed by atoms with van der Waals surface area (Å²) in [5, 5.41) is 2.76. The van der Waals surface area contributed by atoms with Crippen molar-refractivity contribution in [3.8, 4) is 0 Å². The van der Waals surface area contributed by atoms with Crippen molar-refractivity contribution in [3.05, 3.63) is 100 Å². The molecule has 1 aliphatic heterocycles. The number of fused-ring (bicyclic) bond motifs is 1. The van der Waals surface area contributed by atoms with Crippen LogP contribution >= 0.6 is 0 Å². The third-order valence-corrected chi connectivity index (χ3v) is 5.39. The van der Waals surface area contributed by atoms with Gasteiger partial charge in [0.25, 0.3) is 5.91 Å². The monoisotopic (exact) mass is 429 g/mol. The van der Waals surface area contributed by atoms with Gasteiger partial charge in [-0.2, -0.15) is 0 Å². The molecule has 0 spiro atoms. The first-order chi connectivity index (χ1) is 15.4. The number of carbonyl (C=O) groups excluding carboxylic acids is 3. The van der Waals surface area contributed by atoms with E-state index >= 15 is 0 Å². The summed E-state index contributed by atoms with van der Waals surface area (Å²) in [7, 11) is 0. The average molecular weight is 429 g/mol. The predicted molar refractivity (Wildman–Crippen MR) is 120 cm³/mol. The van der Waals surface area contributed by atoms with E-state index in [0.29, 0.717) is 23.2 Å². The Morgan fingerprint density at radius 2 is 1.81 bits per heavy atom. The molecule has 162 valence electrons. The van der Waals surface area contributed by atoms with Crippen LogP contribution in [0.15, 0.2) is 66.7 Å². The maximum atomic E-state index is 12.5. The zero-order valence-electron chi connectivity index (χ0n) is 17.9. The number of carbonyl (C=O) groups is 3. The van der Waals surface area contributed by atoms with E-state index in [0.717, 1.165) is 16.7 Å². The number of anilines is 1. The third-order valence-electron chi connectivity index (χ3n) is 5.39. The first kappa shape index (κ1) is 21.3. The number of ether oxygens (including phenoxy) is 2. The molecule has 1 atom stereocenters. The standard InChI is InChI=1S/C26H23NO5/c1-16-8-9-17(2)22(12-16)27-24(28)15-31-25(29)19-10-11-21-20(13-19)14-23(32-26(21)30)18-6-4-3-5-7-18/h3-13,23H,14-15H2,1-2H3,(H,27,28). The number of rotatable bonds is 5. The van der Waals surface area contributed by atoms with Gasteiger partial charge in [-0.25, -0.2) is 9.59 Å². The van der Waals surface area contributed by atoms with Crippen LogP contribution in [0.2, 0.25) is 0 Å². The summed E-state index contributed by atoms with van der Waals surface area (Å²) < 4.78 is 10.7. The van der Waals surface area contributed by atoms with Gasteiger partial charge in [0.2, 0.25) is 0 Å². The topological polar surface area (TPSA) is 81.7 Å². The van der Waals surface area contributed by atoms with Gasteiger partial charge in [0.1, 0.15) is 6.10 Å². The molecule has 4 rings (SSSR count). The Balaban J connectivity index is 1.42. The zero-order chi connectivity index (χ0) is 22.7. The van der Waals surface area contributed by atoms with Gasteiger partial charge in [0.15, 0.2) is 6.61 Å². The number of amides is 1. The van der Waals surface area contributed by atoms with E-state index < -0.39 is 30.6 Å². The minimum absolute atomic E-state index is 0.282. The molecule has 0 saturated heterocycles. The number of hydrogen-bond acceptors (Lipinski definition) is 5. The van der Waals surface area contributed by atoms with E-state index in [9.17, 15) is 14.4 Å². The van der Waals surface area contributed by atoms with Gasteiger partial charge in [0.05, 0.1) is 11.1 Å². The summed E-state index contributed by atoms with van der Waals surface area (Å²) >= 11 is 0. The van der Waals surface area contributed by atoms with E-state index in [1.165, 1.54) is 6.07 Å². The maximum Gasteiger partial charge on any atom is 0.339 e. The van der Waals surface area contributed by atoms with Crippen LogP contribution in [0.5, 0.6) is 0 Å². The van der Waals surface area contributed by atoms with Crippen LogP contribution in [0.25, 0.3) is 0 Å². The number of hydrogen-bond donors (Lipinski definition) is 1. The minimum Gasteiger partial charge on any atom is -0.454 e. The fraction of sp³-hybridized carbons (Fsp3) is 0.192. The molecular weight excluding hydrogens is 406 g/mol. The van der Waals surface area contributed by atoms with Crippen molar-refractivity contribution in [1.82, 2.24) is 0 Å². The average Bonchev–Trinajstić information content (AvgIpc) is 2.80. The van der Waals surface area contributed by atoms with Crippen LogP contribution in [-0.4, -0.2) is 24.5 Å². The fourth-order valence-corrected chi connectivity index (χ4v) is 3.65. The van der Waals surface area contributed by atoms with Crippen molar-refractivity contribution >= 4 is 23.5 Å². The number of aryl methyl sites for hydroxylation is 2. The molecule has 32 heavy (non-hydrogen) atoms.